The highest BCUT2D eigenvalue weighted by Crippen LogP contribution is 2.40. The van der Waals surface area contributed by atoms with Gasteiger partial charge in [-0.1, -0.05) is 41.5 Å². The Bertz CT molecular complexity index is 867. The van der Waals surface area contributed by atoms with Crippen LogP contribution in [0.25, 0.3) is 0 Å². The number of carbonyl (C=O) groups is 2. The number of amides is 2. The van der Waals surface area contributed by atoms with Crippen molar-refractivity contribution in [3.63, 3.8) is 0 Å². The maximum atomic E-state index is 13.2. The number of rotatable bonds is 9. The molecule has 1 saturated heterocycles. The molecular formula is C24H40N2O6Si. The molecule has 0 aromatic carbocycles. The molecule has 2 amide bonds. The fourth-order valence-electron chi connectivity index (χ4n) is 3.65. The predicted octanol–water partition coefficient (Wildman–Crippen LogP) is 4.60. The number of hydrogen-bond acceptors (Lipinski definition) is 7. The van der Waals surface area contributed by atoms with Gasteiger partial charge in [-0.15, -0.1) is 0 Å². The zero-order chi connectivity index (χ0) is 25.2. The Balaban J connectivity index is 2.41. The zero-order valence-electron chi connectivity index (χ0n) is 21.5. The first-order valence-electron chi connectivity index (χ1n) is 11.6. The molecule has 1 N–H and O–H groups in total. The lowest BCUT2D eigenvalue weighted by Gasteiger charge is -2.37. The molecule has 0 bridgehead atoms. The van der Waals surface area contributed by atoms with Crippen molar-refractivity contribution in [1.29, 1.82) is 0 Å². The molecule has 0 spiro atoms. The predicted molar refractivity (Wildman–Crippen MR) is 128 cm³/mol. The monoisotopic (exact) mass is 480 g/mol. The molecule has 0 saturated carbocycles. The summed E-state index contributed by atoms with van der Waals surface area (Å²) in [4.78, 5) is 31.0. The van der Waals surface area contributed by atoms with Gasteiger partial charge in [0.25, 0.3) is 0 Å². The van der Waals surface area contributed by atoms with E-state index in [1.165, 1.54) is 7.11 Å². The Morgan fingerprint density at radius 2 is 2.00 bits per heavy atom. The molecule has 9 heteroatoms. The molecule has 1 aliphatic heterocycles. The quantitative estimate of drug-likeness (QED) is 0.516. The average molecular weight is 481 g/mol. The number of carbonyl (C=O) groups excluding carboxylic acids is 2. The number of methoxy groups -OCH3 is 1. The number of aromatic nitrogens is 1. The Labute approximate surface area is 198 Å². The molecule has 1 fully saturated rings. The van der Waals surface area contributed by atoms with Crippen molar-refractivity contribution >= 4 is 20.3 Å². The van der Waals surface area contributed by atoms with Crippen molar-refractivity contribution < 1.29 is 28.6 Å². The first kappa shape index (κ1) is 27.3. The van der Waals surface area contributed by atoms with Gasteiger partial charge in [-0.05, 0) is 42.1 Å². The Morgan fingerprint density at radius 1 is 1.36 bits per heavy atom. The van der Waals surface area contributed by atoms with Crippen LogP contribution in [-0.4, -0.2) is 55.1 Å². The molecule has 0 aliphatic carbocycles. The molecule has 1 aliphatic rings. The van der Waals surface area contributed by atoms with Crippen LogP contribution in [0.3, 0.4) is 0 Å². The van der Waals surface area contributed by atoms with E-state index in [0.29, 0.717) is 17.0 Å². The van der Waals surface area contributed by atoms with Crippen LogP contribution in [0.15, 0.2) is 12.3 Å². The van der Waals surface area contributed by atoms with Crippen LogP contribution < -0.4 is 4.74 Å². The second-order valence-electron chi connectivity index (χ2n) is 10.6. The van der Waals surface area contributed by atoms with E-state index in [1.54, 1.807) is 19.2 Å². The SMILES string of the molecule is CC[C@@](O)(CC(=O)N1C(=O)OC[C@H]1C(C)C)c1ccnc(OC)c1CO[Si](C)(C)C(C)(C)C. The van der Waals surface area contributed by atoms with Gasteiger partial charge in [0.1, 0.15) is 6.61 Å². The highest BCUT2D eigenvalue weighted by molar-refractivity contribution is 6.74. The molecule has 2 atom stereocenters. The molecule has 1 aromatic rings. The fourth-order valence-corrected chi connectivity index (χ4v) is 4.59. The van der Waals surface area contributed by atoms with Crippen LogP contribution in [0.4, 0.5) is 4.79 Å². The lowest BCUT2D eigenvalue weighted by Crippen LogP contribution is -2.45. The number of hydrogen-bond donors (Lipinski definition) is 1. The lowest BCUT2D eigenvalue weighted by molar-refractivity contribution is -0.135. The summed E-state index contributed by atoms with van der Waals surface area (Å²) in [7, 11) is -0.582. The Hall–Kier alpha value is -1.97. The van der Waals surface area contributed by atoms with Crippen molar-refractivity contribution in [3.8, 4) is 5.88 Å². The number of aliphatic hydroxyl groups is 1. The summed E-state index contributed by atoms with van der Waals surface area (Å²) in [6.07, 6.45) is 0.887. The van der Waals surface area contributed by atoms with Gasteiger partial charge < -0.3 is 19.0 Å². The highest BCUT2D eigenvalue weighted by Gasteiger charge is 2.44. The third kappa shape index (κ3) is 5.75. The molecule has 8 nitrogen and oxygen atoms in total. The topological polar surface area (TPSA) is 98.2 Å². The Kier molecular flexibility index (Phi) is 8.35. The third-order valence-electron chi connectivity index (χ3n) is 7.07. The second-order valence-corrected chi connectivity index (χ2v) is 15.4. The van der Waals surface area contributed by atoms with Crippen molar-refractivity contribution in [1.82, 2.24) is 9.88 Å². The molecule has 186 valence electrons. The molecule has 2 rings (SSSR count). The number of nitrogens with zero attached hydrogens (tertiary/aromatic N) is 2. The summed E-state index contributed by atoms with van der Waals surface area (Å²) in [6, 6.07) is 1.35. The lowest BCUT2D eigenvalue weighted by atomic mass is 9.85. The van der Waals surface area contributed by atoms with Crippen LogP contribution in [0.5, 0.6) is 5.88 Å². The van der Waals surface area contributed by atoms with Crippen LogP contribution >= 0.6 is 0 Å². The summed E-state index contributed by atoms with van der Waals surface area (Å²) in [5.74, 6) is -0.0662. The highest BCUT2D eigenvalue weighted by atomic mass is 28.4. The number of pyridine rings is 1. The van der Waals surface area contributed by atoms with Gasteiger partial charge in [-0.2, -0.15) is 0 Å². The molecule has 33 heavy (non-hydrogen) atoms. The Morgan fingerprint density at radius 3 is 2.52 bits per heavy atom. The summed E-state index contributed by atoms with van der Waals surface area (Å²) in [5, 5.41) is 11.7. The number of imide groups is 1. The third-order valence-corrected chi connectivity index (χ3v) is 11.5. The largest absolute Gasteiger partial charge is 0.481 e. The maximum absolute atomic E-state index is 13.2. The summed E-state index contributed by atoms with van der Waals surface area (Å²) < 4.78 is 17.0. The first-order valence-corrected chi connectivity index (χ1v) is 14.5. The van der Waals surface area contributed by atoms with E-state index in [2.05, 4.69) is 38.8 Å². The molecule has 0 unspecified atom stereocenters. The summed E-state index contributed by atoms with van der Waals surface area (Å²) in [6.45, 7) is 16.8. The molecule has 1 aromatic heterocycles. The van der Waals surface area contributed by atoms with Gasteiger partial charge >= 0.3 is 6.09 Å². The van der Waals surface area contributed by atoms with E-state index < -0.39 is 25.9 Å². The molecular weight excluding hydrogens is 440 g/mol. The van der Waals surface area contributed by atoms with Gasteiger partial charge in [0.2, 0.25) is 11.8 Å². The van der Waals surface area contributed by atoms with E-state index in [9.17, 15) is 14.7 Å². The average Bonchev–Trinajstić information content (AvgIpc) is 3.12. The first-order chi connectivity index (χ1) is 15.2. The molecule has 2 heterocycles. The van der Waals surface area contributed by atoms with Gasteiger partial charge in [-0.25, -0.2) is 14.7 Å². The molecule has 0 radical (unpaired) electrons. The van der Waals surface area contributed by atoms with Crippen LogP contribution in [0.2, 0.25) is 18.1 Å². The van der Waals surface area contributed by atoms with Gasteiger partial charge in [0.05, 0.1) is 31.8 Å². The van der Waals surface area contributed by atoms with E-state index >= 15 is 0 Å². The van der Waals surface area contributed by atoms with E-state index in [4.69, 9.17) is 13.9 Å². The van der Waals surface area contributed by atoms with Gasteiger partial charge in [-0.3, -0.25) is 4.79 Å². The number of cyclic esters (lactones) is 1. The van der Waals surface area contributed by atoms with Crippen LogP contribution in [0, 0.1) is 5.92 Å². The fraction of sp³-hybridized carbons (Fsp3) is 0.708. The summed E-state index contributed by atoms with van der Waals surface area (Å²) >= 11 is 0. The van der Waals surface area contributed by atoms with Crippen molar-refractivity contribution in [2.24, 2.45) is 5.92 Å². The van der Waals surface area contributed by atoms with E-state index in [1.807, 2.05) is 13.8 Å². The standard InChI is InChI=1S/C24H40N2O6Si/c1-10-24(29,13-20(27)26-19(16(2)3)15-31-22(26)28)18-11-12-25-21(30-7)17(18)14-32-33(8,9)23(4,5)6/h11-12,16,19,29H,10,13-15H2,1-9H3/t19-,24+/m0/s1. The summed E-state index contributed by atoms with van der Waals surface area (Å²) in [5.41, 5.74) is -0.381. The minimum Gasteiger partial charge on any atom is -0.481 e. The van der Waals surface area contributed by atoms with Crippen molar-refractivity contribution in [2.75, 3.05) is 13.7 Å². The van der Waals surface area contributed by atoms with E-state index in [-0.39, 0.29) is 43.1 Å². The number of ether oxygens (including phenoxy) is 2. The van der Waals surface area contributed by atoms with Crippen molar-refractivity contribution in [2.45, 2.75) is 90.8 Å². The van der Waals surface area contributed by atoms with Crippen LogP contribution in [-0.2, 0) is 26.2 Å². The van der Waals surface area contributed by atoms with Gasteiger partial charge in [0.15, 0.2) is 8.32 Å². The van der Waals surface area contributed by atoms with Crippen molar-refractivity contribution in [3.05, 3.63) is 23.4 Å². The maximum Gasteiger partial charge on any atom is 0.416 e. The minimum absolute atomic E-state index is 0.00159. The normalized spacial score (nSPS) is 18.9. The van der Waals surface area contributed by atoms with Crippen LogP contribution in [0.1, 0.15) is 65.5 Å². The smallest absolute Gasteiger partial charge is 0.416 e. The second kappa shape index (κ2) is 10.1. The zero-order valence-corrected chi connectivity index (χ0v) is 22.5. The minimum atomic E-state index is -2.10. The van der Waals surface area contributed by atoms with E-state index in [0.717, 1.165) is 4.90 Å². The van der Waals surface area contributed by atoms with Gasteiger partial charge in [0, 0.05) is 11.8 Å².